The highest BCUT2D eigenvalue weighted by Crippen LogP contribution is 2.29. The molecule has 2 aromatic rings. The molecule has 16 heavy (non-hydrogen) atoms. The Bertz CT molecular complexity index is 503. The summed E-state index contributed by atoms with van der Waals surface area (Å²) in [5.74, 6) is 0.162. The van der Waals surface area contributed by atoms with Crippen LogP contribution in [0.4, 0.5) is 0 Å². The fourth-order valence-corrected chi connectivity index (χ4v) is 1.68. The van der Waals surface area contributed by atoms with Gasteiger partial charge in [0.1, 0.15) is 0 Å². The van der Waals surface area contributed by atoms with Gasteiger partial charge in [-0.1, -0.05) is 32.0 Å². The van der Waals surface area contributed by atoms with Gasteiger partial charge in [0.05, 0.1) is 11.1 Å². The smallest absolute Gasteiger partial charge is 0.0906 e. The van der Waals surface area contributed by atoms with Crippen LogP contribution in [0.1, 0.15) is 26.3 Å². The van der Waals surface area contributed by atoms with E-state index in [2.05, 4.69) is 4.98 Å². The van der Waals surface area contributed by atoms with Gasteiger partial charge in [-0.2, -0.15) is 0 Å². The van der Waals surface area contributed by atoms with Gasteiger partial charge in [0.2, 0.25) is 0 Å². The van der Waals surface area contributed by atoms with E-state index in [0.717, 1.165) is 16.5 Å². The maximum Gasteiger partial charge on any atom is 0.0906 e. The van der Waals surface area contributed by atoms with Gasteiger partial charge in [-0.25, -0.2) is 0 Å². The van der Waals surface area contributed by atoms with Crippen LogP contribution in [0.3, 0.4) is 0 Å². The van der Waals surface area contributed by atoms with Crippen molar-refractivity contribution < 1.29 is 5.11 Å². The highest BCUT2D eigenvalue weighted by Gasteiger charge is 2.27. The summed E-state index contributed by atoms with van der Waals surface area (Å²) in [6.07, 6.45) is 1.77. The second-order valence-corrected chi connectivity index (χ2v) is 4.72. The summed E-state index contributed by atoms with van der Waals surface area (Å²) < 4.78 is 0. The molecule has 1 aromatic heterocycles. The maximum absolute atomic E-state index is 10.4. The lowest BCUT2D eigenvalue weighted by molar-refractivity contribution is 0.00889. The Labute approximate surface area is 96.0 Å². The van der Waals surface area contributed by atoms with E-state index in [0.29, 0.717) is 0 Å². The molecular formula is C14H17NO. The second kappa shape index (κ2) is 3.87. The van der Waals surface area contributed by atoms with E-state index in [1.165, 1.54) is 0 Å². The number of rotatable bonds is 2. The molecule has 0 aliphatic rings. The zero-order chi connectivity index (χ0) is 11.8. The lowest BCUT2D eigenvalue weighted by atomic mass is 9.86. The molecule has 0 saturated carbocycles. The minimum atomic E-state index is -0.822. The van der Waals surface area contributed by atoms with Crippen molar-refractivity contribution in [2.75, 3.05) is 0 Å². The Morgan fingerprint density at radius 2 is 1.94 bits per heavy atom. The number of nitrogens with zero attached hydrogens (tertiary/aromatic N) is 1. The van der Waals surface area contributed by atoms with Crippen molar-refractivity contribution in [1.29, 1.82) is 0 Å². The molecule has 0 fully saturated rings. The fourth-order valence-electron chi connectivity index (χ4n) is 1.68. The molecule has 1 N–H and O–H groups in total. The van der Waals surface area contributed by atoms with E-state index in [1.54, 1.807) is 6.20 Å². The molecule has 0 aliphatic carbocycles. The topological polar surface area (TPSA) is 33.1 Å². The molecule has 0 bridgehead atoms. The molecule has 0 radical (unpaired) electrons. The molecule has 84 valence electrons. The van der Waals surface area contributed by atoms with E-state index in [9.17, 15) is 5.11 Å². The molecule has 0 saturated heterocycles. The van der Waals surface area contributed by atoms with E-state index >= 15 is 0 Å². The number of benzene rings is 1. The lowest BCUT2D eigenvalue weighted by Crippen LogP contribution is -2.28. The second-order valence-electron chi connectivity index (χ2n) is 4.72. The molecule has 0 aliphatic heterocycles. The van der Waals surface area contributed by atoms with E-state index < -0.39 is 5.60 Å². The van der Waals surface area contributed by atoms with Crippen molar-refractivity contribution in [3.63, 3.8) is 0 Å². The summed E-state index contributed by atoms with van der Waals surface area (Å²) in [6, 6.07) is 9.96. The molecule has 1 atom stereocenters. The number of pyridine rings is 1. The molecule has 2 nitrogen and oxygen atoms in total. The van der Waals surface area contributed by atoms with Gasteiger partial charge in [-0.3, -0.25) is 4.98 Å². The third-order valence-electron chi connectivity index (χ3n) is 3.30. The largest absolute Gasteiger partial charge is 0.385 e. The molecule has 0 amide bonds. The predicted octanol–water partition coefficient (Wildman–Crippen LogP) is 3.10. The zero-order valence-electron chi connectivity index (χ0n) is 9.94. The number of hydrogen-bond donors (Lipinski definition) is 1. The zero-order valence-corrected chi connectivity index (χ0v) is 9.94. The molecule has 1 aromatic carbocycles. The van der Waals surface area contributed by atoms with Crippen LogP contribution in [0.15, 0.2) is 36.5 Å². The Balaban J connectivity index is 2.55. The summed E-state index contributed by atoms with van der Waals surface area (Å²) in [5.41, 5.74) is 1.02. The average molecular weight is 215 g/mol. The summed E-state index contributed by atoms with van der Waals surface area (Å²) in [7, 11) is 0. The first kappa shape index (κ1) is 11.1. The Kier molecular flexibility index (Phi) is 2.68. The van der Waals surface area contributed by atoms with Crippen LogP contribution >= 0.6 is 0 Å². The average Bonchev–Trinajstić information content (AvgIpc) is 2.28. The molecule has 1 unspecified atom stereocenters. The van der Waals surface area contributed by atoms with Crippen LogP contribution in [0.25, 0.3) is 10.9 Å². The van der Waals surface area contributed by atoms with Gasteiger partial charge in [-0.05, 0) is 25.0 Å². The first-order valence-corrected chi connectivity index (χ1v) is 5.59. The normalized spacial score (nSPS) is 15.3. The van der Waals surface area contributed by atoms with Gasteiger partial charge in [0.15, 0.2) is 0 Å². The summed E-state index contributed by atoms with van der Waals surface area (Å²) in [6.45, 7) is 5.85. The van der Waals surface area contributed by atoms with Crippen molar-refractivity contribution in [2.24, 2.45) is 5.92 Å². The lowest BCUT2D eigenvalue weighted by Gasteiger charge is -2.28. The Morgan fingerprint density at radius 1 is 1.25 bits per heavy atom. The summed E-state index contributed by atoms with van der Waals surface area (Å²) in [4.78, 5) is 4.37. The predicted molar refractivity (Wildman–Crippen MR) is 66.2 cm³/mol. The number of aliphatic hydroxyl groups is 1. The fraction of sp³-hybridized carbons (Fsp3) is 0.357. The van der Waals surface area contributed by atoms with Crippen molar-refractivity contribution in [3.8, 4) is 0 Å². The van der Waals surface area contributed by atoms with Crippen molar-refractivity contribution in [2.45, 2.75) is 26.4 Å². The molecule has 2 rings (SSSR count). The van der Waals surface area contributed by atoms with E-state index in [4.69, 9.17) is 0 Å². The Hall–Kier alpha value is -1.41. The minimum Gasteiger partial charge on any atom is -0.385 e. The molecular weight excluding hydrogens is 198 g/mol. The minimum absolute atomic E-state index is 0.162. The number of fused-ring (bicyclic) bond motifs is 1. The first-order valence-electron chi connectivity index (χ1n) is 5.59. The molecule has 2 heteroatoms. The van der Waals surface area contributed by atoms with Crippen LogP contribution in [0.2, 0.25) is 0 Å². The van der Waals surface area contributed by atoms with Gasteiger partial charge in [-0.15, -0.1) is 0 Å². The maximum atomic E-state index is 10.4. The third-order valence-corrected chi connectivity index (χ3v) is 3.30. The van der Waals surface area contributed by atoms with E-state index in [1.807, 2.05) is 51.1 Å². The Morgan fingerprint density at radius 3 is 2.62 bits per heavy atom. The van der Waals surface area contributed by atoms with Gasteiger partial charge in [0, 0.05) is 17.1 Å². The van der Waals surface area contributed by atoms with Crippen LogP contribution in [0, 0.1) is 5.92 Å². The number of hydrogen-bond acceptors (Lipinski definition) is 2. The quantitative estimate of drug-likeness (QED) is 0.835. The number of aromatic nitrogens is 1. The SMILES string of the molecule is CC(C)C(C)(O)c1cnc2ccccc2c1. The molecule has 0 spiro atoms. The highest BCUT2D eigenvalue weighted by atomic mass is 16.3. The van der Waals surface area contributed by atoms with Gasteiger partial charge in [0.25, 0.3) is 0 Å². The summed E-state index contributed by atoms with van der Waals surface area (Å²) in [5, 5.41) is 11.5. The van der Waals surface area contributed by atoms with Crippen molar-refractivity contribution >= 4 is 10.9 Å². The standard InChI is InChI=1S/C14H17NO/c1-10(2)14(3,16)12-8-11-6-4-5-7-13(11)15-9-12/h4-10,16H,1-3H3. The first-order chi connectivity index (χ1) is 7.51. The van der Waals surface area contributed by atoms with Crippen LogP contribution in [0.5, 0.6) is 0 Å². The van der Waals surface area contributed by atoms with Gasteiger partial charge >= 0.3 is 0 Å². The summed E-state index contributed by atoms with van der Waals surface area (Å²) >= 11 is 0. The van der Waals surface area contributed by atoms with Crippen LogP contribution in [-0.4, -0.2) is 10.1 Å². The van der Waals surface area contributed by atoms with Crippen molar-refractivity contribution in [3.05, 3.63) is 42.1 Å². The number of para-hydroxylation sites is 1. The van der Waals surface area contributed by atoms with E-state index in [-0.39, 0.29) is 5.92 Å². The molecule has 1 heterocycles. The highest BCUT2D eigenvalue weighted by molar-refractivity contribution is 5.78. The van der Waals surface area contributed by atoms with Crippen molar-refractivity contribution in [1.82, 2.24) is 4.98 Å². The van der Waals surface area contributed by atoms with Crippen LogP contribution < -0.4 is 0 Å². The van der Waals surface area contributed by atoms with Gasteiger partial charge < -0.3 is 5.11 Å². The monoisotopic (exact) mass is 215 g/mol. The third kappa shape index (κ3) is 1.81. The van der Waals surface area contributed by atoms with Crippen LogP contribution in [-0.2, 0) is 5.60 Å².